The van der Waals surface area contributed by atoms with E-state index in [-0.39, 0.29) is 18.1 Å². The molecule has 0 fully saturated rings. The van der Waals surface area contributed by atoms with Crippen LogP contribution in [0.2, 0.25) is 10.0 Å². The van der Waals surface area contributed by atoms with Crippen molar-refractivity contribution in [2.75, 3.05) is 18.9 Å². The topological polar surface area (TPSA) is 32.3 Å². The predicted molar refractivity (Wildman–Crippen MR) is 92.4 cm³/mol. The minimum atomic E-state index is -0.343. The van der Waals surface area contributed by atoms with Gasteiger partial charge in [-0.1, -0.05) is 41.4 Å². The molecule has 0 saturated carbocycles. The zero-order chi connectivity index (χ0) is 16.8. The van der Waals surface area contributed by atoms with Crippen molar-refractivity contribution in [3.63, 3.8) is 0 Å². The van der Waals surface area contributed by atoms with E-state index in [1.807, 2.05) is 11.9 Å². The van der Waals surface area contributed by atoms with Gasteiger partial charge in [-0.3, -0.25) is 4.79 Å². The molecule has 0 aliphatic rings. The highest BCUT2D eigenvalue weighted by Gasteiger charge is 2.11. The SMILES string of the molecule is CN(CCC(=O)Nc1ccccc1Cl)Cc1c(F)cccc1Cl. The molecule has 0 heterocycles. The second kappa shape index (κ2) is 8.29. The van der Waals surface area contributed by atoms with Gasteiger partial charge in [-0.05, 0) is 31.3 Å². The summed E-state index contributed by atoms with van der Waals surface area (Å²) in [6, 6.07) is 11.6. The second-order valence-corrected chi connectivity index (χ2v) is 6.03. The first-order chi connectivity index (χ1) is 11.0. The first kappa shape index (κ1) is 17.7. The molecule has 122 valence electrons. The Balaban J connectivity index is 1.86. The first-order valence-corrected chi connectivity index (χ1v) is 7.89. The minimum Gasteiger partial charge on any atom is -0.325 e. The Bertz CT molecular complexity index is 674. The highest BCUT2D eigenvalue weighted by molar-refractivity contribution is 6.33. The fourth-order valence-electron chi connectivity index (χ4n) is 2.10. The highest BCUT2D eigenvalue weighted by Crippen LogP contribution is 2.21. The van der Waals surface area contributed by atoms with Crippen molar-refractivity contribution in [1.29, 1.82) is 0 Å². The fraction of sp³-hybridized carbons (Fsp3) is 0.235. The van der Waals surface area contributed by atoms with Crippen molar-refractivity contribution >= 4 is 34.8 Å². The normalized spacial score (nSPS) is 10.8. The molecule has 2 aromatic rings. The minimum absolute atomic E-state index is 0.149. The van der Waals surface area contributed by atoms with E-state index in [2.05, 4.69) is 5.32 Å². The number of carbonyl (C=O) groups is 1. The van der Waals surface area contributed by atoms with Crippen LogP contribution in [-0.4, -0.2) is 24.4 Å². The van der Waals surface area contributed by atoms with Gasteiger partial charge in [-0.2, -0.15) is 0 Å². The monoisotopic (exact) mass is 354 g/mol. The standard InChI is InChI=1S/C17H17Cl2FN2O/c1-22(11-12-13(18)6-4-7-15(12)20)10-9-17(23)21-16-8-3-2-5-14(16)19/h2-8H,9-11H2,1H3,(H,21,23). The van der Waals surface area contributed by atoms with Crippen LogP contribution in [-0.2, 0) is 11.3 Å². The van der Waals surface area contributed by atoms with E-state index in [1.165, 1.54) is 6.07 Å². The molecule has 0 saturated heterocycles. The average Bonchev–Trinajstić information content (AvgIpc) is 2.51. The third kappa shape index (κ3) is 5.20. The van der Waals surface area contributed by atoms with Crippen LogP contribution in [0.25, 0.3) is 0 Å². The van der Waals surface area contributed by atoms with E-state index in [0.29, 0.717) is 34.4 Å². The molecule has 0 spiro atoms. The van der Waals surface area contributed by atoms with E-state index >= 15 is 0 Å². The average molecular weight is 355 g/mol. The summed E-state index contributed by atoms with van der Waals surface area (Å²) in [5.74, 6) is -0.491. The molecule has 3 nitrogen and oxygen atoms in total. The number of amides is 1. The Labute approximate surface area is 145 Å². The number of halogens is 3. The van der Waals surface area contributed by atoms with Gasteiger partial charge in [-0.15, -0.1) is 0 Å². The maximum absolute atomic E-state index is 13.7. The molecule has 0 aromatic heterocycles. The molecule has 0 unspecified atom stereocenters. The molecule has 2 aromatic carbocycles. The Hall–Kier alpha value is -1.62. The molecule has 0 atom stereocenters. The Kier molecular flexibility index (Phi) is 6.39. The van der Waals surface area contributed by atoms with Crippen molar-refractivity contribution < 1.29 is 9.18 Å². The van der Waals surface area contributed by atoms with Gasteiger partial charge in [-0.25, -0.2) is 4.39 Å². The van der Waals surface area contributed by atoms with Gasteiger partial charge in [0.15, 0.2) is 0 Å². The summed E-state index contributed by atoms with van der Waals surface area (Å²) < 4.78 is 13.7. The summed E-state index contributed by atoms with van der Waals surface area (Å²) in [7, 11) is 1.81. The van der Waals surface area contributed by atoms with Crippen LogP contribution in [0.15, 0.2) is 42.5 Å². The summed E-state index contributed by atoms with van der Waals surface area (Å²) in [6.07, 6.45) is 0.272. The molecule has 0 bridgehead atoms. The van der Waals surface area contributed by atoms with E-state index < -0.39 is 0 Å². The summed E-state index contributed by atoms with van der Waals surface area (Å²) in [5.41, 5.74) is 1.02. The third-order valence-corrected chi connectivity index (χ3v) is 4.04. The summed E-state index contributed by atoms with van der Waals surface area (Å²) in [4.78, 5) is 13.8. The number of anilines is 1. The van der Waals surface area contributed by atoms with Crippen LogP contribution in [0, 0.1) is 5.82 Å². The second-order valence-electron chi connectivity index (χ2n) is 5.22. The van der Waals surface area contributed by atoms with Gasteiger partial charge in [0.2, 0.25) is 5.91 Å². The number of hydrogen-bond acceptors (Lipinski definition) is 2. The number of nitrogens with one attached hydrogen (secondary N) is 1. The van der Waals surface area contributed by atoms with Gasteiger partial charge in [0.1, 0.15) is 5.82 Å². The number of para-hydroxylation sites is 1. The third-order valence-electron chi connectivity index (χ3n) is 3.36. The molecule has 6 heteroatoms. The fourth-order valence-corrected chi connectivity index (χ4v) is 2.51. The lowest BCUT2D eigenvalue weighted by Gasteiger charge is -2.17. The zero-order valence-corrected chi connectivity index (χ0v) is 14.2. The van der Waals surface area contributed by atoms with Crippen LogP contribution < -0.4 is 5.32 Å². The van der Waals surface area contributed by atoms with E-state index in [9.17, 15) is 9.18 Å². The molecule has 0 radical (unpaired) electrons. The van der Waals surface area contributed by atoms with Crippen molar-refractivity contribution in [3.8, 4) is 0 Å². The smallest absolute Gasteiger partial charge is 0.225 e. The highest BCUT2D eigenvalue weighted by atomic mass is 35.5. The molecule has 0 aliphatic carbocycles. The molecule has 0 aliphatic heterocycles. The van der Waals surface area contributed by atoms with Crippen molar-refractivity contribution in [2.24, 2.45) is 0 Å². The molecular weight excluding hydrogens is 338 g/mol. The largest absolute Gasteiger partial charge is 0.325 e. The Morgan fingerprint density at radius 2 is 1.83 bits per heavy atom. The molecule has 1 N–H and O–H groups in total. The molecular formula is C17H17Cl2FN2O. The summed E-state index contributed by atoms with van der Waals surface area (Å²) >= 11 is 12.0. The van der Waals surface area contributed by atoms with Crippen LogP contribution >= 0.6 is 23.2 Å². The van der Waals surface area contributed by atoms with Crippen LogP contribution in [0.3, 0.4) is 0 Å². The number of rotatable bonds is 6. The molecule has 23 heavy (non-hydrogen) atoms. The maximum atomic E-state index is 13.7. The summed E-state index contributed by atoms with van der Waals surface area (Å²) in [5, 5.41) is 3.63. The maximum Gasteiger partial charge on any atom is 0.225 e. The van der Waals surface area contributed by atoms with Gasteiger partial charge in [0.25, 0.3) is 0 Å². The van der Waals surface area contributed by atoms with Crippen molar-refractivity contribution in [3.05, 3.63) is 63.9 Å². The number of benzene rings is 2. The van der Waals surface area contributed by atoms with Crippen molar-refractivity contribution in [2.45, 2.75) is 13.0 Å². The zero-order valence-electron chi connectivity index (χ0n) is 12.7. The lowest BCUT2D eigenvalue weighted by molar-refractivity contribution is -0.116. The van der Waals surface area contributed by atoms with Crippen LogP contribution in [0.4, 0.5) is 10.1 Å². The van der Waals surface area contributed by atoms with Gasteiger partial charge in [0, 0.05) is 30.1 Å². The van der Waals surface area contributed by atoms with E-state index in [1.54, 1.807) is 36.4 Å². The van der Waals surface area contributed by atoms with Crippen molar-refractivity contribution in [1.82, 2.24) is 4.90 Å². The molecule has 1 amide bonds. The quantitative estimate of drug-likeness (QED) is 0.822. The van der Waals surface area contributed by atoms with Gasteiger partial charge < -0.3 is 10.2 Å². The molecule has 2 rings (SSSR count). The van der Waals surface area contributed by atoms with Gasteiger partial charge in [0.05, 0.1) is 10.7 Å². The summed E-state index contributed by atoms with van der Waals surface area (Å²) in [6.45, 7) is 0.811. The lowest BCUT2D eigenvalue weighted by Crippen LogP contribution is -2.24. The van der Waals surface area contributed by atoms with E-state index in [0.717, 1.165) is 0 Å². The predicted octanol–water partition coefficient (Wildman–Crippen LogP) is 4.59. The Morgan fingerprint density at radius 1 is 1.13 bits per heavy atom. The van der Waals surface area contributed by atoms with Crippen LogP contribution in [0.1, 0.15) is 12.0 Å². The van der Waals surface area contributed by atoms with E-state index in [4.69, 9.17) is 23.2 Å². The van der Waals surface area contributed by atoms with Gasteiger partial charge >= 0.3 is 0 Å². The number of hydrogen-bond donors (Lipinski definition) is 1. The number of carbonyl (C=O) groups excluding carboxylic acids is 1. The first-order valence-electron chi connectivity index (χ1n) is 7.13. The Morgan fingerprint density at radius 3 is 2.52 bits per heavy atom. The lowest BCUT2D eigenvalue weighted by atomic mass is 10.2. The number of nitrogens with zero attached hydrogens (tertiary/aromatic N) is 1. The van der Waals surface area contributed by atoms with Crippen LogP contribution in [0.5, 0.6) is 0 Å².